The number of hydrogen-bond donors (Lipinski definition) is 1. The first-order valence-corrected chi connectivity index (χ1v) is 6.36. The number of aryl methyl sites for hydroxylation is 2. The van der Waals surface area contributed by atoms with Gasteiger partial charge in [0.05, 0.1) is 5.69 Å². The summed E-state index contributed by atoms with van der Waals surface area (Å²) in [6, 6.07) is 10.4. The summed E-state index contributed by atoms with van der Waals surface area (Å²) < 4.78 is 0. The van der Waals surface area contributed by atoms with Crippen LogP contribution in [0.25, 0.3) is 11.3 Å². The molecule has 0 atom stereocenters. The number of benzene rings is 1. The van der Waals surface area contributed by atoms with Gasteiger partial charge in [-0.1, -0.05) is 36.8 Å². The largest absolute Gasteiger partial charge is 0.369 e. The van der Waals surface area contributed by atoms with Crippen molar-refractivity contribution in [2.45, 2.75) is 27.2 Å². The van der Waals surface area contributed by atoms with Crippen LogP contribution >= 0.6 is 0 Å². The Bertz CT molecular complexity index is 518. The first-order valence-electron chi connectivity index (χ1n) is 6.36. The summed E-state index contributed by atoms with van der Waals surface area (Å²) in [5.74, 6) is 0.852. The van der Waals surface area contributed by atoms with Gasteiger partial charge in [-0.25, -0.2) is 0 Å². The van der Waals surface area contributed by atoms with Crippen molar-refractivity contribution in [2.75, 3.05) is 11.9 Å². The van der Waals surface area contributed by atoms with Gasteiger partial charge >= 0.3 is 0 Å². The van der Waals surface area contributed by atoms with E-state index in [-0.39, 0.29) is 0 Å². The average molecular weight is 241 g/mol. The van der Waals surface area contributed by atoms with Crippen LogP contribution in [0.1, 0.15) is 24.5 Å². The molecule has 0 aliphatic carbocycles. The van der Waals surface area contributed by atoms with Gasteiger partial charge in [0.2, 0.25) is 0 Å². The Labute approximate surface area is 108 Å². The minimum absolute atomic E-state index is 0.852. The van der Waals surface area contributed by atoms with Crippen LogP contribution in [0.5, 0.6) is 0 Å². The van der Waals surface area contributed by atoms with E-state index in [4.69, 9.17) is 0 Å². The quantitative estimate of drug-likeness (QED) is 0.889. The number of rotatable bonds is 4. The molecular formula is C15H19N3. The highest BCUT2D eigenvalue weighted by Gasteiger charge is 2.05. The van der Waals surface area contributed by atoms with Crippen molar-refractivity contribution in [1.82, 2.24) is 10.2 Å². The van der Waals surface area contributed by atoms with Crippen LogP contribution in [-0.4, -0.2) is 16.7 Å². The molecule has 0 amide bonds. The van der Waals surface area contributed by atoms with Gasteiger partial charge in [0.1, 0.15) is 5.82 Å². The summed E-state index contributed by atoms with van der Waals surface area (Å²) in [7, 11) is 0. The van der Waals surface area contributed by atoms with E-state index < -0.39 is 0 Å². The van der Waals surface area contributed by atoms with E-state index in [1.165, 1.54) is 5.56 Å². The van der Waals surface area contributed by atoms with E-state index in [9.17, 15) is 0 Å². The third kappa shape index (κ3) is 2.86. The Morgan fingerprint density at radius 3 is 2.39 bits per heavy atom. The molecule has 1 heterocycles. The van der Waals surface area contributed by atoms with Crippen molar-refractivity contribution >= 4 is 5.82 Å². The second kappa shape index (κ2) is 5.63. The number of nitrogens with one attached hydrogen (secondary N) is 1. The van der Waals surface area contributed by atoms with Crippen molar-refractivity contribution in [3.05, 3.63) is 41.5 Å². The molecule has 0 saturated carbocycles. The van der Waals surface area contributed by atoms with Gasteiger partial charge in [0.25, 0.3) is 0 Å². The van der Waals surface area contributed by atoms with Gasteiger partial charge in [-0.15, -0.1) is 10.2 Å². The van der Waals surface area contributed by atoms with E-state index in [1.807, 2.05) is 0 Å². The smallest absolute Gasteiger partial charge is 0.148 e. The molecule has 0 aliphatic rings. The number of nitrogens with zero attached hydrogens (tertiary/aromatic N) is 2. The summed E-state index contributed by atoms with van der Waals surface area (Å²) in [4.78, 5) is 0. The fourth-order valence-electron chi connectivity index (χ4n) is 1.82. The molecule has 0 fully saturated rings. The molecule has 3 heteroatoms. The molecule has 3 nitrogen and oxygen atoms in total. The summed E-state index contributed by atoms with van der Waals surface area (Å²) in [6.45, 7) is 7.22. The Balaban J connectivity index is 2.26. The van der Waals surface area contributed by atoms with Crippen LogP contribution in [0.2, 0.25) is 0 Å². The fraction of sp³-hybridized carbons (Fsp3) is 0.333. The first-order chi connectivity index (χ1) is 8.70. The Morgan fingerprint density at radius 1 is 1.06 bits per heavy atom. The first kappa shape index (κ1) is 12.6. The lowest BCUT2D eigenvalue weighted by Gasteiger charge is -2.08. The van der Waals surface area contributed by atoms with Crippen LogP contribution < -0.4 is 5.32 Å². The Morgan fingerprint density at radius 2 is 1.78 bits per heavy atom. The second-order valence-electron chi connectivity index (χ2n) is 4.55. The van der Waals surface area contributed by atoms with Gasteiger partial charge in [-0.3, -0.25) is 0 Å². The van der Waals surface area contributed by atoms with Crippen molar-refractivity contribution < 1.29 is 0 Å². The standard InChI is InChI=1S/C15H19N3/c1-4-9-16-14-10-12(3)15(18-17-14)13-7-5-11(2)6-8-13/h5-8,10H,4,9H2,1-3H3,(H,16,17). The monoisotopic (exact) mass is 241 g/mol. The molecule has 2 aromatic rings. The lowest BCUT2D eigenvalue weighted by atomic mass is 10.1. The third-order valence-corrected chi connectivity index (χ3v) is 2.87. The van der Waals surface area contributed by atoms with Gasteiger partial charge < -0.3 is 5.32 Å². The Hall–Kier alpha value is -1.90. The van der Waals surface area contributed by atoms with Gasteiger partial charge in [-0.2, -0.15) is 0 Å². The van der Waals surface area contributed by atoms with Crippen LogP contribution in [0.3, 0.4) is 0 Å². The highest BCUT2D eigenvalue weighted by Crippen LogP contribution is 2.22. The molecule has 0 saturated heterocycles. The minimum Gasteiger partial charge on any atom is -0.369 e. The number of hydrogen-bond acceptors (Lipinski definition) is 3. The van der Waals surface area contributed by atoms with Crippen LogP contribution in [-0.2, 0) is 0 Å². The number of aromatic nitrogens is 2. The lowest BCUT2D eigenvalue weighted by Crippen LogP contribution is -2.04. The molecule has 0 spiro atoms. The molecule has 1 aromatic carbocycles. The normalized spacial score (nSPS) is 10.4. The zero-order chi connectivity index (χ0) is 13.0. The maximum absolute atomic E-state index is 4.32. The molecule has 2 rings (SSSR count). The fourth-order valence-corrected chi connectivity index (χ4v) is 1.82. The highest BCUT2D eigenvalue weighted by molar-refractivity contribution is 5.64. The van der Waals surface area contributed by atoms with Crippen molar-refractivity contribution in [3.8, 4) is 11.3 Å². The molecule has 94 valence electrons. The van der Waals surface area contributed by atoms with E-state index in [1.54, 1.807) is 0 Å². The molecule has 0 unspecified atom stereocenters. The summed E-state index contributed by atoms with van der Waals surface area (Å²) in [5, 5.41) is 11.8. The summed E-state index contributed by atoms with van der Waals surface area (Å²) >= 11 is 0. The maximum Gasteiger partial charge on any atom is 0.148 e. The topological polar surface area (TPSA) is 37.8 Å². The lowest BCUT2D eigenvalue weighted by molar-refractivity contribution is 0.941. The molecule has 0 radical (unpaired) electrons. The van der Waals surface area contributed by atoms with E-state index >= 15 is 0 Å². The molecule has 1 N–H and O–H groups in total. The van der Waals surface area contributed by atoms with Crippen molar-refractivity contribution in [3.63, 3.8) is 0 Å². The van der Waals surface area contributed by atoms with Gasteiger partial charge in [0.15, 0.2) is 0 Å². The minimum atomic E-state index is 0.852. The molecule has 0 bridgehead atoms. The maximum atomic E-state index is 4.32. The molecular weight excluding hydrogens is 222 g/mol. The van der Waals surface area contributed by atoms with Gasteiger partial charge in [0, 0.05) is 12.1 Å². The van der Waals surface area contributed by atoms with E-state index in [2.05, 4.69) is 66.6 Å². The molecule has 0 aliphatic heterocycles. The van der Waals surface area contributed by atoms with E-state index in [0.717, 1.165) is 35.6 Å². The second-order valence-corrected chi connectivity index (χ2v) is 4.55. The predicted octanol–water partition coefficient (Wildman–Crippen LogP) is 3.58. The third-order valence-electron chi connectivity index (χ3n) is 2.87. The van der Waals surface area contributed by atoms with Crippen molar-refractivity contribution in [2.24, 2.45) is 0 Å². The van der Waals surface area contributed by atoms with Crippen molar-refractivity contribution in [1.29, 1.82) is 0 Å². The van der Waals surface area contributed by atoms with Crippen LogP contribution in [0, 0.1) is 13.8 Å². The van der Waals surface area contributed by atoms with Gasteiger partial charge in [-0.05, 0) is 31.9 Å². The van der Waals surface area contributed by atoms with Crippen LogP contribution in [0.4, 0.5) is 5.82 Å². The summed E-state index contributed by atoms with van der Waals surface area (Å²) in [5.41, 5.74) is 4.47. The zero-order valence-electron chi connectivity index (χ0n) is 11.2. The zero-order valence-corrected chi connectivity index (χ0v) is 11.2. The average Bonchev–Trinajstić information content (AvgIpc) is 2.38. The van der Waals surface area contributed by atoms with Crippen LogP contribution in [0.15, 0.2) is 30.3 Å². The molecule has 18 heavy (non-hydrogen) atoms. The molecule has 1 aromatic heterocycles. The predicted molar refractivity (Wildman–Crippen MR) is 75.7 cm³/mol. The highest BCUT2D eigenvalue weighted by atomic mass is 15.2. The number of anilines is 1. The SMILES string of the molecule is CCCNc1cc(C)c(-c2ccc(C)cc2)nn1. The summed E-state index contributed by atoms with van der Waals surface area (Å²) in [6.07, 6.45) is 1.08. The Kier molecular flexibility index (Phi) is 3.92. The van der Waals surface area contributed by atoms with E-state index in [0.29, 0.717) is 0 Å².